The Morgan fingerprint density at radius 2 is 2.19 bits per heavy atom. The van der Waals surface area contributed by atoms with Gasteiger partial charge < -0.3 is 10.4 Å². The molecule has 0 spiro atoms. The van der Waals surface area contributed by atoms with Crippen LogP contribution >= 0.6 is 0 Å². The van der Waals surface area contributed by atoms with E-state index in [1.165, 1.54) is 18.3 Å². The van der Waals surface area contributed by atoms with Crippen LogP contribution < -0.4 is 10.9 Å². The Morgan fingerprint density at radius 1 is 1.46 bits per heavy atom. The Kier molecular flexibility index (Phi) is 3.71. The lowest BCUT2D eigenvalue weighted by molar-refractivity contribution is -0.104. The van der Waals surface area contributed by atoms with E-state index in [9.17, 15) is 19.5 Å². The zero-order valence-corrected chi connectivity index (χ0v) is 14.4. The number of amides is 1. The quantitative estimate of drug-likeness (QED) is 0.596. The van der Waals surface area contributed by atoms with Crippen LogP contribution in [0.15, 0.2) is 17.1 Å². The first-order valence-electron chi connectivity index (χ1n) is 8.70. The molecule has 2 fully saturated rings. The van der Waals surface area contributed by atoms with Gasteiger partial charge in [0.15, 0.2) is 5.56 Å². The van der Waals surface area contributed by atoms with E-state index in [0.717, 1.165) is 30.2 Å². The van der Waals surface area contributed by atoms with Crippen molar-refractivity contribution in [2.24, 2.45) is 5.41 Å². The number of aldehydes is 1. The standard InChI is InChI=1S/C18H20N4O4/c1-18(6-7-18)10-21-15-11(3-2-8-23)9-19-22(15)17(26)13(16(21)25)14(24)20-12-4-5-12/h2-3,8-9,12,25H,4-7,10H2,1H3,(H,20,24)/b3-2+. The van der Waals surface area contributed by atoms with Gasteiger partial charge in [-0.15, -0.1) is 0 Å². The van der Waals surface area contributed by atoms with E-state index >= 15 is 0 Å². The summed E-state index contributed by atoms with van der Waals surface area (Å²) in [4.78, 5) is 36.0. The molecular formula is C18H20N4O4. The minimum Gasteiger partial charge on any atom is -0.494 e. The molecule has 2 aromatic heterocycles. The van der Waals surface area contributed by atoms with Crippen LogP contribution in [0, 0.1) is 5.41 Å². The average Bonchev–Trinajstić information content (AvgIpc) is 3.51. The van der Waals surface area contributed by atoms with Crippen molar-refractivity contribution in [2.75, 3.05) is 0 Å². The Labute approximate surface area is 149 Å². The molecule has 1 amide bonds. The fraction of sp³-hybridized carbons (Fsp3) is 0.444. The van der Waals surface area contributed by atoms with Crippen molar-refractivity contribution in [3.8, 4) is 5.88 Å². The van der Waals surface area contributed by atoms with Crippen LogP contribution in [-0.4, -0.2) is 37.5 Å². The summed E-state index contributed by atoms with van der Waals surface area (Å²) in [7, 11) is 0. The topological polar surface area (TPSA) is 106 Å². The average molecular weight is 356 g/mol. The third-order valence-electron chi connectivity index (χ3n) is 5.05. The number of carbonyl (C=O) groups excluding carboxylic acids is 2. The van der Waals surface area contributed by atoms with Gasteiger partial charge in [0.05, 0.1) is 6.20 Å². The molecule has 4 rings (SSSR count). The second kappa shape index (κ2) is 5.82. The molecule has 2 N–H and O–H groups in total. The van der Waals surface area contributed by atoms with Gasteiger partial charge in [-0.25, -0.2) is 0 Å². The van der Waals surface area contributed by atoms with Gasteiger partial charge in [0, 0.05) is 18.2 Å². The molecule has 0 aliphatic heterocycles. The van der Waals surface area contributed by atoms with Crippen molar-refractivity contribution in [3.63, 3.8) is 0 Å². The number of nitrogens with one attached hydrogen (secondary N) is 1. The highest BCUT2D eigenvalue weighted by Crippen LogP contribution is 2.47. The zero-order valence-electron chi connectivity index (χ0n) is 14.4. The van der Waals surface area contributed by atoms with Crippen molar-refractivity contribution in [1.82, 2.24) is 19.5 Å². The van der Waals surface area contributed by atoms with Crippen LogP contribution in [0.1, 0.15) is 48.5 Å². The zero-order chi connectivity index (χ0) is 18.5. The number of aromatic hydroxyl groups is 1. The molecule has 2 saturated carbocycles. The predicted octanol–water partition coefficient (Wildman–Crippen LogP) is 1.11. The highest BCUT2D eigenvalue weighted by atomic mass is 16.3. The van der Waals surface area contributed by atoms with E-state index in [-0.39, 0.29) is 22.9 Å². The van der Waals surface area contributed by atoms with E-state index in [1.807, 2.05) is 0 Å². The summed E-state index contributed by atoms with van der Waals surface area (Å²) in [5, 5.41) is 17.6. The molecule has 26 heavy (non-hydrogen) atoms. The lowest BCUT2D eigenvalue weighted by Gasteiger charge is -2.18. The first-order chi connectivity index (χ1) is 12.4. The molecular weight excluding hydrogens is 336 g/mol. The van der Waals surface area contributed by atoms with Gasteiger partial charge in [0.25, 0.3) is 11.5 Å². The highest BCUT2D eigenvalue weighted by Gasteiger charge is 2.39. The van der Waals surface area contributed by atoms with Crippen molar-refractivity contribution in [3.05, 3.63) is 33.8 Å². The largest absolute Gasteiger partial charge is 0.494 e. The third-order valence-corrected chi connectivity index (χ3v) is 5.05. The third kappa shape index (κ3) is 2.81. The molecule has 2 aliphatic carbocycles. The monoisotopic (exact) mass is 356 g/mol. The number of hydrogen-bond donors (Lipinski definition) is 2. The minimum absolute atomic E-state index is 0.00713. The number of rotatable bonds is 6. The van der Waals surface area contributed by atoms with E-state index in [4.69, 9.17) is 0 Å². The van der Waals surface area contributed by atoms with E-state index in [1.54, 1.807) is 4.57 Å². The maximum atomic E-state index is 12.8. The van der Waals surface area contributed by atoms with Crippen LogP contribution in [0.2, 0.25) is 0 Å². The van der Waals surface area contributed by atoms with E-state index < -0.39 is 11.5 Å². The van der Waals surface area contributed by atoms with Crippen molar-refractivity contribution < 1.29 is 14.7 Å². The number of fused-ring (bicyclic) bond motifs is 1. The van der Waals surface area contributed by atoms with Gasteiger partial charge in [-0.3, -0.25) is 19.0 Å². The summed E-state index contributed by atoms with van der Waals surface area (Å²) < 4.78 is 2.69. The maximum absolute atomic E-state index is 12.8. The summed E-state index contributed by atoms with van der Waals surface area (Å²) in [5.41, 5.74) is -0.0430. The smallest absolute Gasteiger partial charge is 0.291 e. The highest BCUT2D eigenvalue weighted by molar-refractivity contribution is 5.96. The molecule has 136 valence electrons. The number of allylic oxidation sites excluding steroid dienone is 1. The normalized spacial score (nSPS) is 18.3. The maximum Gasteiger partial charge on any atom is 0.291 e. The fourth-order valence-electron chi connectivity index (χ4n) is 3.06. The van der Waals surface area contributed by atoms with Crippen molar-refractivity contribution >= 4 is 23.9 Å². The van der Waals surface area contributed by atoms with Crippen molar-refractivity contribution in [1.29, 1.82) is 0 Å². The summed E-state index contributed by atoms with van der Waals surface area (Å²) in [5.74, 6) is -0.929. The van der Waals surface area contributed by atoms with E-state index in [0.29, 0.717) is 24.0 Å². The fourth-order valence-corrected chi connectivity index (χ4v) is 3.06. The van der Waals surface area contributed by atoms with Crippen LogP contribution in [0.5, 0.6) is 5.88 Å². The molecule has 8 heteroatoms. The van der Waals surface area contributed by atoms with Crippen molar-refractivity contribution in [2.45, 2.75) is 45.2 Å². The Bertz CT molecular complexity index is 993. The summed E-state index contributed by atoms with van der Waals surface area (Å²) in [6.07, 6.45) is 8.67. The summed E-state index contributed by atoms with van der Waals surface area (Å²) >= 11 is 0. The molecule has 8 nitrogen and oxygen atoms in total. The summed E-state index contributed by atoms with van der Waals surface area (Å²) in [6, 6.07) is 0.0649. The lowest BCUT2D eigenvalue weighted by Crippen LogP contribution is -2.34. The van der Waals surface area contributed by atoms with Crippen LogP contribution in [0.4, 0.5) is 0 Å². The van der Waals surface area contributed by atoms with Gasteiger partial charge in [0.1, 0.15) is 11.9 Å². The molecule has 2 heterocycles. The van der Waals surface area contributed by atoms with Crippen LogP contribution in [0.3, 0.4) is 0 Å². The molecule has 0 bridgehead atoms. The number of carbonyl (C=O) groups is 2. The van der Waals surface area contributed by atoms with Gasteiger partial charge in [-0.2, -0.15) is 9.61 Å². The molecule has 2 aromatic rings. The van der Waals surface area contributed by atoms with Gasteiger partial charge in [0.2, 0.25) is 5.88 Å². The Hall–Kier alpha value is -2.90. The van der Waals surface area contributed by atoms with Crippen LogP contribution in [0.25, 0.3) is 11.7 Å². The van der Waals surface area contributed by atoms with E-state index in [2.05, 4.69) is 17.3 Å². The first-order valence-corrected chi connectivity index (χ1v) is 8.70. The predicted molar refractivity (Wildman–Crippen MR) is 94.0 cm³/mol. The van der Waals surface area contributed by atoms with Crippen LogP contribution in [-0.2, 0) is 11.3 Å². The lowest BCUT2D eigenvalue weighted by atomic mass is 10.1. The number of hydrogen-bond acceptors (Lipinski definition) is 5. The molecule has 2 aliphatic rings. The number of nitrogens with zero attached hydrogens (tertiary/aromatic N) is 3. The Balaban J connectivity index is 1.93. The molecule has 0 aromatic carbocycles. The Morgan fingerprint density at radius 3 is 2.81 bits per heavy atom. The minimum atomic E-state index is -0.668. The van der Waals surface area contributed by atoms with Gasteiger partial charge in [-0.1, -0.05) is 6.92 Å². The first kappa shape index (κ1) is 16.6. The SMILES string of the molecule is CC1(Cn2c(O)c(C(=O)NC3CC3)c(=O)n3ncc(/C=C/C=O)c23)CC1. The van der Waals surface area contributed by atoms with Gasteiger partial charge in [-0.05, 0) is 43.3 Å². The number of aromatic nitrogens is 3. The van der Waals surface area contributed by atoms with Gasteiger partial charge >= 0.3 is 0 Å². The second-order valence-corrected chi connectivity index (χ2v) is 7.48. The molecule has 0 radical (unpaired) electrons. The summed E-state index contributed by atoms with van der Waals surface area (Å²) in [6.45, 7) is 2.54. The molecule has 0 atom stereocenters. The second-order valence-electron chi connectivity index (χ2n) is 7.48. The molecule has 0 unspecified atom stereocenters. The molecule has 0 saturated heterocycles.